The van der Waals surface area contributed by atoms with Crippen LogP contribution in [0, 0.1) is 0 Å². The van der Waals surface area contributed by atoms with Crippen LogP contribution in [0.15, 0.2) is 18.2 Å². The van der Waals surface area contributed by atoms with Gasteiger partial charge < -0.3 is 20.1 Å². The van der Waals surface area contributed by atoms with E-state index in [1.165, 1.54) is 0 Å². The Hall–Kier alpha value is -1.60. The Kier molecular flexibility index (Phi) is 3.39. The highest BCUT2D eigenvalue weighted by Gasteiger charge is 2.39. The van der Waals surface area contributed by atoms with Crippen LogP contribution in [0.25, 0.3) is 0 Å². The lowest BCUT2D eigenvalue weighted by Gasteiger charge is -2.30. The molecule has 1 aromatic carbocycles. The van der Waals surface area contributed by atoms with Crippen molar-refractivity contribution in [3.63, 3.8) is 0 Å². The molecule has 2 unspecified atom stereocenters. The Morgan fingerprint density at radius 1 is 1.60 bits per heavy atom. The number of carbonyl (C=O) groups excluding carboxylic acids is 1. The molecule has 2 aliphatic heterocycles. The Morgan fingerprint density at radius 3 is 2.95 bits per heavy atom. The topological polar surface area (TPSA) is 68.0 Å². The lowest BCUT2D eigenvalue weighted by atomic mass is 10.2. The largest absolute Gasteiger partial charge is 0.495 e. The third kappa shape index (κ3) is 2.16. The van der Waals surface area contributed by atoms with Crippen LogP contribution in [-0.4, -0.2) is 38.4 Å². The number of methoxy groups -OCH3 is 1. The van der Waals surface area contributed by atoms with Crippen LogP contribution in [0.5, 0.6) is 5.75 Å². The summed E-state index contributed by atoms with van der Waals surface area (Å²) < 4.78 is 11.9. The number of nitrogens with two attached hydrogens (primary N) is 1. The first-order valence-corrected chi connectivity index (χ1v) is 6.85. The van der Waals surface area contributed by atoms with Crippen LogP contribution in [0.4, 0.5) is 16.2 Å². The first-order valence-electron chi connectivity index (χ1n) is 6.45. The first-order chi connectivity index (χ1) is 9.60. The summed E-state index contributed by atoms with van der Waals surface area (Å²) in [5.74, 6) is 0.558. The van der Waals surface area contributed by atoms with E-state index in [1.807, 2.05) is 18.2 Å². The minimum Gasteiger partial charge on any atom is -0.495 e. The summed E-state index contributed by atoms with van der Waals surface area (Å²) in [5, 5.41) is 0. The van der Waals surface area contributed by atoms with Crippen LogP contribution >= 0.6 is 12.8 Å². The summed E-state index contributed by atoms with van der Waals surface area (Å²) in [6.45, 7) is 1.63. The second-order valence-electron chi connectivity index (χ2n) is 5.00. The van der Waals surface area contributed by atoms with E-state index in [-0.39, 0.29) is 0 Å². The summed E-state index contributed by atoms with van der Waals surface area (Å²) in [4.78, 5) is 13.6. The molecule has 0 spiro atoms. The molecule has 108 valence electrons. The number of carbonyl (C=O) groups is 1. The lowest BCUT2D eigenvalue weighted by molar-refractivity contribution is 0.0991. The number of urea groups is 1. The maximum absolute atomic E-state index is 11.3. The van der Waals surface area contributed by atoms with Gasteiger partial charge in [-0.2, -0.15) is 0 Å². The van der Waals surface area contributed by atoms with Gasteiger partial charge in [0.05, 0.1) is 25.9 Å². The zero-order valence-corrected chi connectivity index (χ0v) is 12.0. The van der Waals surface area contributed by atoms with Crippen molar-refractivity contribution >= 4 is 30.2 Å². The van der Waals surface area contributed by atoms with Crippen molar-refractivity contribution in [3.05, 3.63) is 18.2 Å². The molecular weight excluding hydrogens is 278 g/mol. The van der Waals surface area contributed by atoms with Gasteiger partial charge >= 0.3 is 6.03 Å². The van der Waals surface area contributed by atoms with Gasteiger partial charge in [-0.15, -0.1) is 0 Å². The average molecular weight is 295 g/mol. The van der Waals surface area contributed by atoms with E-state index >= 15 is 0 Å². The molecule has 2 heterocycles. The average Bonchev–Trinajstić information content (AvgIpc) is 3.08. The molecule has 2 fully saturated rings. The van der Waals surface area contributed by atoms with Crippen molar-refractivity contribution in [2.75, 3.05) is 29.5 Å². The number of hydrogen-bond acceptors (Lipinski definition) is 5. The van der Waals surface area contributed by atoms with Crippen molar-refractivity contribution in [1.82, 2.24) is 0 Å². The molecule has 3 rings (SSSR count). The molecular formula is C13H17N3O3S. The Labute approximate surface area is 123 Å². The Bertz CT molecular complexity index is 540. The van der Waals surface area contributed by atoms with Gasteiger partial charge in [0.2, 0.25) is 0 Å². The molecule has 2 atom stereocenters. The number of nitrogens with zero attached hydrogens (tertiary/aromatic N) is 2. The molecule has 7 heteroatoms. The second-order valence-corrected chi connectivity index (χ2v) is 5.40. The number of ether oxygens (including phenoxy) is 2. The lowest BCUT2D eigenvalue weighted by Crippen LogP contribution is -2.37. The standard InChI is InChI=1S/C13H17N3O3S/c1-18-12-3-2-8(5-11(12)16(20)13(14)17)15-6-10-4-9(15)7-19-10/h2-3,5,9-10,20H,4,6-7H2,1H3,(H2,14,17). The fraction of sp³-hybridized carbons (Fsp3) is 0.462. The minimum atomic E-state index is -0.643. The number of morpholine rings is 1. The van der Waals surface area contributed by atoms with Gasteiger partial charge in [-0.25, -0.2) is 9.10 Å². The number of amides is 2. The van der Waals surface area contributed by atoms with Crippen LogP contribution in [0.2, 0.25) is 0 Å². The summed E-state index contributed by atoms with van der Waals surface area (Å²) in [7, 11) is 1.55. The van der Waals surface area contributed by atoms with Crippen LogP contribution in [0.1, 0.15) is 6.42 Å². The Balaban J connectivity index is 1.93. The van der Waals surface area contributed by atoms with Crippen molar-refractivity contribution < 1.29 is 14.3 Å². The van der Waals surface area contributed by atoms with E-state index in [1.54, 1.807) is 7.11 Å². The summed E-state index contributed by atoms with van der Waals surface area (Å²) in [6.07, 6.45) is 1.37. The van der Waals surface area contributed by atoms with Gasteiger partial charge in [-0.1, -0.05) is 12.8 Å². The minimum absolute atomic E-state index is 0.314. The van der Waals surface area contributed by atoms with Crippen molar-refractivity contribution in [3.8, 4) is 5.75 Å². The molecule has 0 radical (unpaired) electrons. The molecule has 6 nitrogen and oxygen atoms in total. The van der Waals surface area contributed by atoms with E-state index in [2.05, 4.69) is 17.7 Å². The number of hydrogen-bond donors (Lipinski definition) is 2. The number of rotatable bonds is 3. The SMILES string of the molecule is COc1ccc(N2CC3CC2CO3)cc1N(S)C(N)=O. The molecule has 2 saturated heterocycles. The molecule has 2 amide bonds. The predicted molar refractivity (Wildman–Crippen MR) is 79.5 cm³/mol. The summed E-state index contributed by atoms with van der Waals surface area (Å²) >= 11 is 4.12. The summed E-state index contributed by atoms with van der Waals surface area (Å²) in [5.41, 5.74) is 6.85. The number of benzene rings is 1. The normalized spacial score (nSPS) is 24.0. The van der Waals surface area contributed by atoms with Crippen molar-refractivity contribution in [2.45, 2.75) is 18.6 Å². The fourth-order valence-corrected chi connectivity index (χ4v) is 3.01. The summed E-state index contributed by atoms with van der Waals surface area (Å²) in [6, 6.07) is 5.44. The van der Waals surface area contributed by atoms with Crippen LogP contribution in [-0.2, 0) is 4.74 Å². The molecule has 2 bridgehead atoms. The zero-order chi connectivity index (χ0) is 14.3. The monoisotopic (exact) mass is 295 g/mol. The van der Waals surface area contributed by atoms with Gasteiger partial charge in [0.15, 0.2) is 0 Å². The molecule has 20 heavy (non-hydrogen) atoms. The third-order valence-electron chi connectivity index (χ3n) is 3.83. The van der Waals surface area contributed by atoms with Gasteiger partial charge in [0.25, 0.3) is 0 Å². The maximum atomic E-state index is 11.3. The van der Waals surface area contributed by atoms with E-state index in [4.69, 9.17) is 15.2 Å². The number of anilines is 2. The van der Waals surface area contributed by atoms with E-state index in [0.29, 0.717) is 23.6 Å². The first kappa shape index (κ1) is 13.4. The molecule has 0 aliphatic carbocycles. The van der Waals surface area contributed by atoms with E-state index < -0.39 is 6.03 Å². The molecule has 0 saturated carbocycles. The Morgan fingerprint density at radius 2 is 2.40 bits per heavy atom. The highest BCUT2D eigenvalue weighted by molar-refractivity contribution is 7.82. The second kappa shape index (κ2) is 5.06. The van der Waals surface area contributed by atoms with Crippen LogP contribution < -0.4 is 19.7 Å². The van der Waals surface area contributed by atoms with Crippen molar-refractivity contribution in [1.29, 1.82) is 0 Å². The quantitative estimate of drug-likeness (QED) is 0.827. The highest BCUT2D eigenvalue weighted by Crippen LogP contribution is 2.38. The third-order valence-corrected chi connectivity index (χ3v) is 4.24. The smallest absolute Gasteiger partial charge is 0.329 e. The highest BCUT2D eigenvalue weighted by atomic mass is 32.1. The number of fused-ring (bicyclic) bond motifs is 2. The number of thiol groups is 1. The molecule has 2 N–H and O–H groups in total. The van der Waals surface area contributed by atoms with Crippen molar-refractivity contribution in [2.24, 2.45) is 5.73 Å². The maximum Gasteiger partial charge on any atom is 0.329 e. The van der Waals surface area contributed by atoms with Gasteiger partial charge in [-0.3, -0.25) is 0 Å². The molecule has 0 aromatic heterocycles. The van der Waals surface area contributed by atoms with Gasteiger partial charge in [0.1, 0.15) is 11.4 Å². The fourth-order valence-electron chi connectivity index (χ4n) is 2.86. The predicted octanol–water partition coefficient (Wildman–Crippen LogP) is 1.40. The molecule has 1 aromatic rings. The van der Waals surface area contributed by atoms with Gasteiger partial charge in [0, 0.05) is 12.2 Å². The molecule has 2 aliphatic rings. The van der Waals surface area contributed by atoms with Crippen LogP contribution in [0.3, 0.4) is 0 Å². The number of primary amides is 1. The van der Waals surface area contributed by atoms with E-state index in [9.17, 15) is 4.79 Å². The van der Waals surface area contributed by atoms with Gasteiger partial charge in [-0.05, 0) is 24.6 Å². The zero-order valence-electron chi connectivity index (χ0n) is 11.2. The van der Waals surface area contributed by atoms with E-state index in [0.717, 1.165) is 29.6 Å².